The number of carbonyl (C=O) groups excluding carboxylic acids is 1. The quantitative estimate of drug-likeness (QED) is 0.823. The van der Waals surface area contributed by atoms with Gasteiger partial charge < -0.3 is 11.1 Å². The third kappa shape index (κ3) is 3.19. The van der Waals surface area contributed by atoms with Crippen molar-refractivity contribution in [1.82, 2.24) is 10.3 Å². The Labute approximate surface area is 103 Å². The van der Waals surface area contributed by atoms with Crippen molar-refractivity contribution in [3.63, 3.8) is 0 Å². The van der Waals surface area contributed by atoms with Crippen LogP contribution in [0, 0.1) is 0 Å². The summed E-state index contributed by atoms with van der Waals surface area (Å²) in [5.41, 5.74) is 6.39. The molecule has 0 atom stereocenters. The van der Waals surface area contributed by atoms with E-state index >= 15 is 0 Å². The Kier molecular flexibility index (Phi) is 4.49. The fraction of sp³-hybridized carbons (Fsp3) is 0.538. The molecule has 1 aromatic rings. The van der Waals surface area contributed by atoms with E-state index in [1.54, 1.807) is 12.1 Å². The lowest BCUT2D eigenvalue weighted by Gasteiger charge is -2.31. The van der Waals surface area contributed by atoms with Crippen LogP contribution in [-0.2, 0) is 0 Å². The second-order valence-electron chi connectivity index (χ2n) is 4.27. The molecule has 0 aliphatic heterocycles. The Morgan fingerprint density at radius 2 is 1.88 bits per heavy atom. The zero-order valence-electron chi connectivity index (χ0n) is 10.8. The van der Waals surface area contributed by atoms with Gasteiger partial charge in [0.15, 0.2) is 0 Å². The van der Waals surface area contributed by atoms with Gasteiger partial charge in [-0.3, -0.25) is 4.79 Å². The van der Waals surface area contributed by atoms with E-state index in [4.69, 9.17) is 5.73 Å². The predicted octanol–water partition coefficient (Wildman–Crippen LogP) is 2.36. The summed E-state index contributed by atoms with van der Waals surface area (Å²) in [6, 6.07) is 3.34. The topological polar surface area (TPSA) is 68.0 Å². The maximum absolute atomic E-state index is 12.0. The van der Waals surface area contributed by atoms with Crippen LogP contribution in [0.4, 0.5) is 5.69 Å². The van der Waals surface area contributed by atoms with E-state index in [2.05, 4.69) is 31.1 Å². The van der Waals surface area contributed by atoms with Crippen LogP contribution in [0.5, 0.6) is 0 Å². The predicted molar refractivity (Wildman–Crippen MR) is 69.7 cm³/mol. The van der Waals surface area contributed by atoms with Crippen LogP contribution < -0.4 is 11.1 Å². The zero-order chi connectivity index (χ0) is 12.9. The lowest BCUT2D eigenvalue weighted by Crippen LogP contribution is -2.47. The molecule has 4 nitrogen and oxygen atoms in total. The second-order valence-corrected chi connectivity index (χ2v) is 4.27. The summed E-state index contributed by atoms with van der Waals surface area (Å²) >= 11 is 0. The SMILES string of the molecule is CCC(CC)(CC)NC(=O)c1ccc(N)cn1. The minimum atomic E-state index is -0.129. The van der Waals surface area contributed by atoms with E-state index in [1.807, 2.05) is 0 Å². The summed E-state index contributed by atoms with van der Waals surface area (Å²) < 4.78 is 0. The smallest absolute Gasteiger partial charge is 0.270 e. The van der Waals surface area contributed by atoms with Crippen molar-refractivity contribution in [2.24, 2.45) is 0 Å². The Morgan fingerprint density at radius 3 is 2.29 bits per heavy atom. The molecule has 1 amide bonds. The van der Waals surface area contributed by atoms with Crippen molar-refractivity contribution in [3.05, 3.63) is 24.0 Å². The number of hydrogen-bond acceptors (Lipinski definition) is 3. The third-order valence-electron chi connectivity index (χ3n) is 3.43. The molecule has 0 fully saturated rings. The standard InChI is InChI=1S/C13H21N3O/c1-4-13(5-2,6-3)16-12(17)11-8-7-10(14)9-15-11/h7-9H,4-6,14H2,1-3H3,(H,16,17). The molecule has 0 unspecified atom stereocenters. The molecule has 0 aliphatic rings. The lowest BCUT2D eigenvalue weighted by atomic mass is 9.89. The molecule has 0 radical (unpaired) electrons. The van der Waals surface area contributed by atoms with E-state index < -0.39 is 0 Å². The first-order valence-corrected chi connectivity index (χ1v) is 6.11. The van der Waals surface area contributed by atoms with Gasteiger partial charge in [-0.2, -0.15) is 0 Å². The molecule has 4 heteroatoms. The highest BCUT2D eigenvalue weighted by molar-refractivity contribution is 5.92. The van der Waals surface area contributed by atoms with E-state index in [0.717, 1.165) is 19.3 Å². The summed E-state index contributed by atoms with van der Waals surface area (Å²) in [6.45, 7) is 6.26. The Hall–Kier alpha value is -1.58. The van der Waals surface area contributed by atoms with Gasteiger partial charge in [-0.1, -0.05) is 20.8 Å². The Bertz CT molecular complexity index is 360. The maximum Gasteiger partial charge on any atom is 0.270 e. The number of hydrogen-bond donors (Lipinski definition) is 2. The first-order valence-electron chi connectivity index (χ1n) is 6.11. The van der Waals surface area contributed by atoms with Gasteiger partial charge in [-0.15, -0.1) is 0 Å². The molecular weight excluding hydrogens is 214 g/mol. The second kappa shape index (κ2) is 5.66. The first kappa shape index (κ1) is 13.5. The number of nitrogens with zero attached hydrogens (tertiary/aromatic N) is 1. The van der Waals surface area contributed by atoms with E-state index in [0.29, 0.717) is 11.4 Å². The van der Waals surface area contributed by atoms with Gasteiger partial charge >= 0.3 is 0 Å². The molecule has 1 aromatic heterocycles. The molecule has 1 heterocycles. The van der Waals surface area contributed by atoms with Crippen LogP contribution in [0.3, 0.4) is 0 Å². The highest BCUT2D eigenvalue weighted by Gasteiger charge is 2.26. The number of rotatable bonds is 5. The number of nitrogen functional groups attached to an aromatic ring is 1. The van der Waals surface area contributed by atoms with E-state index in [9.17, 15) is 4.79 Å². The molecule has 17 heavy (non-hydrogen) atoms. The zero-order valence-corrected chi connectivity index (χ0v) is 10.8. The molecule has 0 aromatic carbocycles. The highest BCUT2D eigenvalue weighted by atomic mass is 16.2. The summed E-state index contributed by atoms with van der Waals surface area (Å²) in [5.74, 6) is -0.129. The summed E-state index contributed by atoms with van der Waals surface area (Å²) in [7, 11) is 0. The van der Waals surface area contributed by atoms with Gasteiger partial charge in [0.2, 0.25) is 0 Å². The minimum Gasteiger partial charge on any atom is -0.397 e. The van der Waals surface area contributed by atoms with Gasteiger partial charge in [-0.05, 0) is 31.4 Å². The highest BCUT2D eigenvalue weighted by Crippen LogP contribution is 2.19. The van der Waals surface area contributed by atoms with Crippen LogP contribution in [0.1, 0.15) is 50.5 Å². The van der Waals surface area contributed by atoms with Crippen LogP contribution in [0.15, 0.2) is 18.3 Å². The monoisotopic (exact) mass is 235 g/mol. The molecule has 0 spiro atoms. The summed E-state index contributed by atoms with van der Waals surface area (Å²) in [4.78, 5) is 16.1. The number of amides is 1. The average Bonchev–Trinajstić information content (AvgIpc) is 2.37. The molecule has 1 rings (SSSR count). The van der Waals surface area contributed by atoms with E-state index in [-0.39, 0.29) is 11.4 Å². The van der Waals surface area contributed by atoms with Crippen molar-refractivity contribution in [2.45, 2.75) is 45.6 Å². The molecule has 3 N–H and O–H groups in total. The molecule has 0 bridgehead atoms. The van der Waals surface area contributed by atoms with Crippen LogP contribution in [-0.4, -0.2) is 16.4 Å². The Balaban J connectivity index is 2.81. The number of anilines is 1. The number of aromatic nitrogens is 1. The fourth-order valence-electron chi connectivity index (χ4n) is 1.86. The van der Waals surface area contributed by atoms with Crippen LogP contribution in [0.2, 0.25) is 0 Å². The number of nitrogens with one attached hydrogen (secondary N) is 1. The number of carbonyl (C=O) groups is 1. The van der Waals surface area contributed by atoms with Crippen LogP contribution >= 0.6 is 0 Å². The van der Waals surface area contributed by atoms with Crippen molar-refractivity contribution in [3.8, 4) is 0 Å². The molecule has 94 valence electrons. The maximum atomic E-state index is 12.0. The van der Waals surface area contributed by atoms with Crippen molar-refractivity contribution >= 4 is 11.6 Å². The largest absolute Gasteiger partial charge is 0.397 e. The number of pyridine rings is 1. The van der Waals surface area contributed by atoms with Gasteiger partial charge in [-0.25, -0.2) is 4.98 Å². The van der Waals surface area contributed by atoms with Crippen molar-refractivity contribution in [1.29, 1.82) is 0 Å². The van der Waals surface area contributed by atoms with E-state index in [1.165, 1.54) is 6.20 Å². The summed E-state index contributed by atoms with van der Waals surface area (Å²) in [5, 5.41) is 3.07. The molecular formula is C13H21N3O. The van der Waals surface area contributed by atoms with Gasteiger partial charge in [0.25, 0.3) is 5.91 Å². The third-order valence-corrected chi connectivity index (χ3v) is 3.43. The van der Waals surface area contributed by atoms with Gasteiger partial charge in [0, 0.05) is 5.54 Å². The summed E-state index contributed by atoms with van der Waals surface area (Å²) in [6.07, 6.45) is 4.25. The van der Waals surface area contributed by atoms with Crippen LogP contribution in [0.25, 0.3) is 0 Å². The van der Waals surface area contributed by atoms with Gasteiger partial charge in [0.1, 0.15) is 5.69 Å². The molecule has 0 saturated carbocycles. The minimum absolute atomic E-state index is 0.125. The molecule has 0 aliphatic carbocycles. The fourth-order valence-corrected chi connectivity index (χ4v) is 1.86. The lowest BCUT2D eigenvalue weighted by molar-refractivity contribution is 0.0883. The first-order chi connectivity index (χ1) is 8.06. The van der Waals surface area contributed by atoms with Gasteiger partial charge in [0.05, 0.1) is 11.9 Å². The Morgan fingerprint density at radius 1 is 1.29 bits per heavy atom. The molecule has 0 saturated heterocycles. The normalized spacial score (nSPS) is 11.2. The van der Waals surface area contributed by atoms with Crippen molar-refractivity contribution < 1.29 is 4.79 Å². The average molecular weight is 235 g/mol. The van der Waals surface area contributed by atoms with Crippen molar-refractivity contribution in [2.75, 3.05) is 5.73 Å². The number of nitrogens with two attached hydrogens (primary N) is 1.